The molecule has 2 aliphatic heterocycles. The van der Waals surface area contributed by atoms with Gasteiger partial charge in [0.2, 0.25) is 0 Å². The van der Waals surface area contributed by atoms with E-state index in [2.05, 4.69) is 15.2 Å². The molecule has 14 heteroatoms. The van der Waals surface area contributed by atoms with Crippen molar-refractivity contribution in [2.75, 3.05) is 47.0 Å². The van der Waals surface area contributed by atoms with Crippen LogP contribution in [0.1, 0.15) is 42.5 Å². The molecule has 2 aromatic rings. The van der Waals surface area contributed by atoms with E-state index >= 15 is 0 Å². The Bertz CT molecular complexity index is 1310. The van der Waals surface area contributed by atoms with Gasteiger partial charge >= 0.3 is 18.0 Å². The third kappa shape index (κ3) is 6.72. The summed E-state index contributed by atoms with van der Waals surface area (Å²) in [4.78, 5) is 46.3. The minimum atomic E-state index is -1.77. The maximum absolute atomic E-state index is 14.3. The van der Waals surface area contributed by atoms with Gasteiger partial charge in [-0.15, -0.1) is 0 Å². The molecule has 0 radical (unpaired) electrons. The van der Waals surface area contributed by atoms with E-state index in [4.69, 9.17) is 9.47 Å². The molecule has 11 nitrogen and oxygen atoms in total. The number of piperidine rings is 1. The van der Waals surface area contributed by atoms with Gasteiger partial charge in [-0.05, 0) is 68.7 Å². The van der Waals surface area contributed by atoms with Crippen molar-refractivity contribution < 1.29 is 42.2 Å². The van der Waals surface area contributed by atoms with Crippen molar-refractivity contribution in [1.29, 1.82) is 0 Å². The Hall–Kier alpha value is -4.01. The van der Waals surface area contributed by atoms with Crippen molar-refractivity contribution in [2.24, 2.45) is 0 Å². The number of nitrogens with one attached hydrogen (secondary N) is 1. The summed E-state index contributed by atoms with van der Waals surface area (Å²) in [5.74, 6) is -5.67. The minimum absolute atomic E-state index is 0.132. The van der Waals surface area contributed by atoms with Crippen LogP contribution in [0.5, 0.6) is 0 Å². The lowest BCUT2D eigenvalue weighted by molar-refractivity contribution is -0.137. The first-order valence-electron chi connectivity index (χ1n) is 13.3. The summed E-state index contributed by atoms with van der Waals surface area (Å²) >= 11 is 0. The SMILES string of the molecule is COCC1=C(C(=O)OC)C(c2cc(F)c(F)c(F)c2)N(C(=O)N(O)CCCN2CCC(c3ccccn3)CC2)C(=O)N1. The molecule has 1 fully saturated rings. The van der Waals surface area contributed by atoms with Crippen molar-refractivity contribution >= 4 is 18.0 Å². The number of aromatic nitrogens is 1. The van der Waals surface area contributed by atoms with Crippen molar-refractivity contribution in [3.05, 3.63) is 76.5 Å². The lowest BCUT2D eigenvalue weighted by atomic mass is 9.93. The lowest BCUT2D eigenvalue weighted by Gasteiger charge is -2.38. The number of ether oxygens (including phenoxy) is 2. The molecular weight excluding hydrogens is 559 g/mol. The van der Waals surface area contributed by atoms with Crippen LogP contribution in [0.2, 0.25) is 0 Å². The van der Waals surface area contributed by atoms with E-state index in [-0.39, 0.29) is 24.4 Å². The van der Waals surface area contributed by atoms with E-state index in [0.29, 0.717) is 41.0 Å². The number of halogens is 3. The van der Waals surface area contributed by atoms with E-state index in [1.165, 1.54) is 7.11 Å². The number of urea groups is 2. The lowest BCUT2D eigenvalue weighted by Crippen LogP contribution is -2.55. The zero-order valence-electron chi connectivity index (χ0n) is 23.2. The first-order chi connectivity index (χ1) is 20.2. The number of hydroxylamine groups is 2. The minimum Gasteiger partial charge on any atom is -0.466 e. The number of esters is 1. The molecule has 0 saturated carbocycles. The Balaban J connectivity index is 1.50. The number of hydrogen-bond acceptors (Lipinski definition) is 8. The number of amides is 4. The summed E-state index contributed by atoms with van der Waals surface area (Å²) in [6, 6.07) is 2.82. The van der Waals surface area contributed by atoms with E-state index < -0.39 is 47.1 Å². The third-order valence-electron chi connectivity index (χ3n) is 7.31. The molecule has 4 rings (SSSR count). The first-order valence-corrected chi connectivity index (χ1v) is 13.3. The molecule has 0 bridgehead atoms. The Morgan fingerprint density at radius 2 is 1.83 bits per heavy atom. The van der Waals surface area contributed by atoms with Crippen LogP contribution in [0.4, 0.5) is 22.8 Å². The number of imide groups is 1. The normalized spacial score (nSPS) is 18.2. The standard InChI is InChI=1S/C28H32F3N5O6/c1-41-16-22-23(26(37)42-2)25(18-14-19(29)24(31)20(30)15-18)36(27(38)33-22)28(39)35(40)11-5-10-34-12-7-17(8-13-34)21-6-3-4-9-32-21/h3-4,6,9,14-15,17,25,40H,5,7-8,10-13,16H2,1-2H3,(H,33,38). The second-order valence-electron chi connectivity index (χ2n) is 9.95. The van der Waals surface area contributed by atoms with E-state index in [1.54, 1.807) is 6.20 Å². The molecule has 4 amide bonds. The number of likely N-dealkylation sites (tertiary alicyclic amines) is 1. The molecule has 1 atom stereocenters. The van der Waals surface area contributed by atoms with Crippen LogP contribution < -0.4 is 5.32 Å². The number of pyridine rings is 1. The molecule has 0 aliphatic carbocycles. The van der Waals surface area contributed by atoms with Crippen molar-refractivity contribution in [3.8, 4) is 0 Å². The van der Waals surface area contributed by atoms with Crippen LogP contribution in [0, 0.1) is 17.5 Å². The maximum Gasteiger partial charge on any atom is 0.352 e. The van der Waals surface area contributed by atoms with Crippen molar-refractivity contribution in [3.63, 3.8) is 0 Å². The highest BCUT2D eigenvalue weighted by molar-refractivity contribution is 6.01. The molecule has 3 heterocycles. The molecular formula is C28H32F3N5O6. The Morgan fingerprint density at radius 3 is 2.43 bits per heavy atom. The van der Waals surface area contributed by atoms with Crippen LogP contribution in [0.15, 0.2) is 47.8 Å². The predicted octanol–water partition coefficient (Wildman–Crippen LogP) is 3.72. The summed E-state index contributed by atoms with van der Waals surface area (Å²) < 4.78 is 52.1. The number of carbonyl (C=O) groups is 3. The highest BCUT2D eigenvalue weighted by Crippen LogP contribution is 2.36. The summed E-state index contributed by atoms with van der Waals surface area (Å²) in [6.45, 7) is 1.63. The summed E-state index contributed by atoms with van der Waals surface area (Å²) in [7, 11) is 2.30. The number of rotatable bonds is 9. The van der Waals surface area contributed by atoms with Crippen LogP contribution in [0.3, 0.4) is 0 Å². The zero-order valence-corrected chi connectivity index (χ0v) is 23.2. The Labute approximate surface area is 240 Å². The molecule has 226 valence electrons. The summed E-state index contributed by atoms with van der Waals surface area (Å²) in [5, 5.41) is 13.3. The fraction of sp³-hybridized carbons (Fsp3) is 0.429. The third-order valence-corrected chi connectivity index (χ3v) is 7.31. The van der Waals surface area contributed by atoms with Crippen LogP contribution in [-0.2, 0) is 14.3 Å². The average Bonchev–Trinajstić information content (AvgIpc) is 2.99. The first kappa shape index (κ1) is 30.9. The smallest absolute Gasteiger partial charge is 0.352 e. The highest BCUT2D eigenvalue weighted by Gasteiger charge is 2.44. The fourth-order valence-corrected chi connectivity index (χ4v) is 5.25. The number of methoxy groups -OCH3 is 2. The van der Waals surface area contributed by atoms with E-state index in [1.807, 2.05) is 18.2 Å². The Morgan fingerprint density at radius 1 is 1.14 bits per heavy atom. The number of nitrogens with zero attached hydrogens (tertiary/aromatic N) is 4. The molecule has 42 heavy (non-hydrogen) atoms. The molecule has 0 spiro atoms. The van der Waals surface area contributed by atoms with Gasteiger partial charge in [0.05, 0.1) is 31.5 Å². The van der Waals surface area contributed by atoms with Gasteiger partial charge in [0.25, 0.3) is 0 Å². The van der Waals surface area contributed by atoms with Crippen LogP contribution in [0.25, 0.3) is 0 Å². The molecule has 1 saturated heterocycles. The van der Waals surface area contributed by atoms with Gasteiger partial charge in [-0.1, -0.05) is 6.07 Å². The van der Waals surface area contributed by atoms with Crippen molar-refractivity contribution in [2.45, 2.75) is 31.2 Å². The zero-order chi connectivity index (χ0) is 30.4. The summed E-state index contributed by atoms with van der Waals surface area (Å²) in [6.07, 6.45) is 3.93. The molecule has 1 aromatic heterocycles. The van der Waals surface area contributed by atoms with Gasteiger partial charge in [0.15, 0.2) is 17.5 Å². The number of carbonyl (C=O) groups excluding carboxylic acids is 3. The topological polar surface area (TPSA) is 125 Å². The molecule has 1 unspecified atom stereocenters. The maximum atomic E-state index is 14.3. The van der Waals surface area contributed by atoms with Gasteiger partial charge in [-0.3, -0.25) is 10.2 Å². The van der Waals surface area contributed by atoms with Crippen LogP contribution in [-0.4, -0.2) is 90.1 Å². The highest BCUT2D eigenvalue weighted by atomic mass is 19.2. The fourth-order valence-electron chi connectivity index (χ4n) is 5.25. The van der Waals surface area contributed by atoms with Crippen LogP contribution >= 0.6 is 0 Å². The molecule has 2 aliphatic rings. The second-order valence-corrected chi connectivity index (χ2v) is 9.95. The van der Waals surface area contributed by atoms with Crippen molar-refractivity contribution in [1.82, 2.24) is 25.2 Å². The Kier molecular flexibility index (Phi) is 10.1. The summed E-state index contributed by atoms with van der Waals surface area (Å²) in [5.41, 5.74) is 0.0930. The number of benzene rings is 1. The monoisotopic (exact) mass is 591 g/mol. The van der Waals surface area contributed by atoms with Gasteiger partial charge in [0.1, 0.15) is 6.04 Å². The van der Waals surface area contributed by atoms with E-state index in [0.717, 1.165) is 38.7 Å². The average molecular weight is 592 g/mol. The van der Waals surface area contributed by atoms with Gasteiger partial charge in [-0.25, -0.2) is 37.5 Å². The molecule has 1 aromatic carbocycles. The van der Waals surface area contributed by atoms with Gasteiger partial charge in [-0.2, -0.15) is 0 Å². The second kappa shape index (κ2) is 13.8. The molecule has 2 N–H and O–H groups in total. The predicted molar refractivity (Wildman–Crippen MR) is 142 cm³/mol. The van der Waals surface area contributed by atoms with Gasteiger partial charge in [0, 0.05) is 24.9 Å². The van der Waals surface area contributed by atoms with E-state index in [9.17, 15) is 32.8 Å². The largest absolute Gasteiger partial charge is 0.466 e. The number of hydrogen-bond donors (Lipinski definition) is 2. The van der Waals surface area contributed by atoms with Gasteiger partial charge < -0.3 is 19.7 Å². The quantitative estimate of drug-likeness (QED) is 0.196.